The normalized spacial score (nSPS) is 10.4. The van der Waals surface area contributed by atoms with Gasteiger partial charge in [0.05, 0.1) is 24.2 Å². The average molecular weight is 318 g/mol. The van der Waals surface area contributed by atoms with Gasteiger partial charge in [0, 0.05) is 6.61 Å². The van der Waals surface area contributed by atoms with Crippen LogP contribution in [0.25, 0.3) is 0 Å². The van der Waals surface area contributed by atoms with Crippen molar-refractivity contribution >= 4 is 37.2 Å². The fourth-order valence-corrected chi connectivity index (χ4v) is 0.583. The third kappa shape index (κ3) is 38.1. The SMILES string of the molecule is O=C(O)CS.O=C(O)CS.OCCCCC(O)CO. The molecule has 9 heteroatoms. The summed E-state index contributed by atoms with van der Waals surface area (Å²) < 4.78 is 0. The summed E-state index contributed by atoms with van der Waals surface area (Å²) in [5.41, 5.74) is 0. The van der Waals surface area contributed by atoms with Gasteiger partial charge in [-0.1, -0.05) is 0 Å². The molecule has 0 spiro atoms. The first-order chi connectivity index (χ1) is 8.85. The number of thiol groups is 2. The van der Waals surface area contributed by atoms with E-state index in [0.29, 0.717) is 12.8 Å². The Balaban J connectivity index is -0.000000219. The number of aliphatic hydroxyl groups is 3. The van der Waals surface area contributed by atoms with Crippen LogP contribution in [0.5, 0.6) is 0 Å². The van der Waals surface area contributed by atoms with Gasteiger partial charge in [0.15, 0.2) is 0 Å². The first-order valence-electron chi connectivity index (χ1n) is 5.40. The molecule has 0 aromatic heterocycles. The average Bonchev–Trinajstić information content (AvgIpc) is 2.40. The Labute approximate surface area is 123 Å². The predicted octanol–water partition coefficient (Wildman–Crippen LogP) is -0.496. The molecule has 0 saturated carbocycles. The minimum atomic E-state index is -0.881. The largest absolute Gasteiger partial charge is 0.481 e. The summed E-state index contributed by atoms with van der Waals surface area (Å²) in [6.07, 6.45) is 1.46. The maximum Gasteiger partial charge on any atom is 0.313 e. The minimum Gasteiger partial charge on any atom is -0.481 e. The molecule has 19 heavy (non-hydrogen) atoms. The van der Waals surface area contributed by atoms with Gasteiger partial charge in [-0.05, 0) is 19.3 Å². The van der Waals surface area contributed by atoms with E-state index in [9.17, 15) is 9.59 Å². The molecule has 116 valence electrons. The summed E-state index contributed by atoms with van der Waals surface area (Å²) in [5, 5.41) is 40.7. The number of rotatable bonds is 7. The Bertz CT molecular complexity index is 200. The standard InChI is InChI=1S/C6H14O3.2C2H4O2S/c7-4-2-1-3-6(9)5-8;2*3-2(4)1-5/h6-9H,1-5H2;2*5H,1H2,(H,3,4). The maximum atomic E-state index is 9.29. The van der Waals surface area contributed by atoms with Gasteiger partial charge in [-0.2, -0.15) is 25.3 Å². The van der Waals surface area contributed by atoms with Crippen molar-refractivity contribution in [3.8, 4) is 0 Å². The lowest BCUT2D eigenvalue weighted by molar-refractivity contribution is -0.134. The molecule has 0 aliphatic heterocycles. The van der Waals surface area contributed by atoms with Crippen LogP contribution < -0.4 is 0 Å². The van der Waals surface area contributed by atoms with E-state index in [1.807, 2.05) is 0 Å². The van der Waals surface area contributed by atoms with Crippen molar-refractivity contribution in [3.63, 3.8) is 0 Å². The van der Waals surface area contributed by atoms with Crippen LogP contribution in [0.4, 0.5) is 0 Å². The number of hydrogen-bond donors (Lipinski definition) is 7. The molecule has 0 rings (SSSR count). The lowest BCUT2D eigenvalue weighted by atomic mass is 10.2. The number of carboxylic acids is 2. The summed E-state index contributed by atoms with van der Waals surface area (Å²) in [6.45, 7) is -0.0103. The van der Waals surface area contributed by atoms with Gasteiger partial charge in [0.25, 0.3) is 0 Å². The van der Waals surface area contributed by atoms with Crippen LogP contribution in [-0.2, 0) is 9.59 Å². The van der Waals surface area contributed by atoms with Crippen LogP contribution in [-0.4, -0.2) is 68.3 Å². The second-order valence-electron chi connectivity index (χ2n) is 3.16. The van der Waals surface area contributed by atoms with Gasteiger partial charge in [-0.25, -0.2) is 0 Å². The molecule has 0 aliphatic rings. The summed E-state index contributed by atoms with van der Waals surface area (Å²) in [5.74, 6) is -1.93. The molecule has 1 unspecified atom stereocenters. The Morgan fingerprint density at radius 1 is 0.947 bits per heavy atom. The van der Waals surface area contributed by atoms with Gasteiger partial charge < -0.3 is 25.5 Å². The molecule has 0 saturated heterocycles. The van der Waals surface area contributed by atoms with Crippen LogP contribution in [0.2, 0.25) is 0 Å². The molecule has 5 N–H and O–H groups in total. The van der Waals surface area contributed by atoms with Gasteiger partial charge >= 0.3 is 11.9 Å². The van der Waals surface area contributed by atoms with Crippen molar-refractivity contribution in [1.29, 1.82) is 0 Å². The molecule has 0 heterocycles. The summed E-state index contributed by atoms with van der Waals surface area (Å²) in [4.78, 5) is 18.6. The molecule has 0 amide bonds. The molecule has 0 bridgehead atoms. The fourth-order valence-electron chi connectivity index (χ4n) is 0.583. The smallest absolute Gasteiger partial charge is 0.313 e. The van der Waals surface area contributed by atoms with E-state index >= 15 is 0 Å². The Hall–Kier alpha value is -0.480. The minimum absolute atomic E-state index is 0.0833. The van der Waals surface area contributed by atoms with Crippen LogP contribution in [0.15, 0.2) is 0 Å². The van der Waals surface area contributed by atoms with Crippen molar-refractivity contribution in [3.05, 3.63) is 0 Å². The van der Waals surface area contributed by atoms with Crippen molar-refractivity contribution < 1.29 is 35.1 Å². The summed E-state index contributed by atoms with van der Waals surface area (Å²) >= 11 is 6.83. The number of carboxylic acid groups (broad SMARTS) is 2. The molecule has 0 aromatic rings. The van der Waals surface area contributed by atoms with Crippen LogP contribution >= 0.6 is 25.3 Å². The summed E-state index contributed by atoms with van der Waals surface area (Å²) in [6, 6.07) is 0. The van der Waals surface area contributed by atoms with Crippen LogP contribution in [0.3, 0.4) is 0 Å². The lowest BCUT2D eigenvalue weighted by Gasteiger charge is -2.03. The van der Waals surface area contributed by atoms with Gasteiger partial charge in [0.1, 0.15) is 0 Å². The molecular formula is C10H22O7S2. The highest BCUT2D eigenvalue weighted by molar-refractivity contribution is 7.81. The Morgan fingerprint density at radius 3 is 1.53 bits per heavy atom. The highest BCUT2D eigenvalue weighted by atomic mass is 32.1. The molecular weight excluding hydrogens is 296 g/mol. The van der Waals surface area contributed by atoms with Gasteiger partial charge in [-0.3, -0.25) is 9.59 Å². The topological polar surface area (TPSA) is 135 Å². The number of unbranched alkanes of at least 4 members (excludes halogenated alkanes) is 1. The number of aliphatic carboxylic acids is 2. The molecule has 7 nitrogen and oxygen atoms in total. The Kier molecular flexibility index (Phi) is 24.7. The number of hydrogen-bond acceptors (Lipinski definition) is 7. The van der Waals surface area contributed by atoms with Crippen LogP contribution in [0.1, 0.15) is 19.3 Å². The first-order valence-corrected chi connectivity index (χ1v) is 6.67. The monoisotopic (exact) mass is 318 g/mol. The van der Waals surface area contributed by atoms with Gasteiger partial charge in [0.2, 0.25) is 0 Å². The molecule has 0 aromatic carbocycles. The van der Waals surface area contributed by atoms with Crippen molar-refractivity contribution in [2.24, 2.45) is 0 Å². The van der Waals surface area contributed by atoms with E-state index < -0.39 is 18.0 Å². The van der Waals surface area contributed by atoms with Crippen molar-refractivity contribution in [2.45, 2.75) is 25.4 Å². The third-order valence-corrected chi connectivity index (χ3v) is 1.97. The van der Waals surface area contributed by atoms with E-state index in [4.69, 9.17) is 25.5 Å². The van der Waals surface area contributed by atoms with E-state index in [1.165, 1.54) is 0 Å². The summed E-state index contributed by atoms with van der Waals surface area (Å²) in [7, 11) is 0. The fraction of sp³-hybridized carbons (Fsp3) is 0.800. The van der Waals surface area contributed by atoms with E-state index in [1.54, 1.807) is 0 Å². The quantitative estimate of drug-likeness (QED) is 0.248. The second-order valence-corrected chi connectivity index (χ2v) is 3.79. The second kappa shape index (κ2) is 19.9. The maximum absolute atomic E-state index is 9.29. The Morgan fingerprint density at radius 2 is 1.32 bits per heavy atom. The third-order valence-electron chi connectivity index (χ3n) is 1.43. The molecule has 0 radical (unpaired) electrons. The van der Waals surface area contributed by atoms with E-state index in [-0.39, 0.29) is 24.7 Å². The zero-order valence-corrected chi connectivity index (χ0v) is 12.3. The van der Waals surface area contributed by atoms with Crippen molar-refractivity contribution in [1.82, 2.24) is 0 Å². The first kappa shape index (κ1) is 23.6. The van der Waals surface area contributed by atoms with Gasteiger partial charge in [-0.15, -0.1) is 0 Å². The molecule has 0 aliphatic carbocycles. The number of carbonyl (C=O) groups is 2. The lowest BCUT2D eigenvalue weighted by Crippen LogP contribution is -2.11. The highest BCUT2D eigenvalue weighted by Gasteiger charge is 1.99. The van der Waals surface area contributed by atoms with Crippen LogP contribution in [0, 0.1) is 0 Å². The molecule has 1 atom stereocenters. The van der Waals surface area contributed by atoms with Crippen molar-refractivity contribution in [2.75, 3.05) is 24.7 Å². The molecule has 0 fully saturated rings. The zero-order chi connectivity index (χ0) is 15.7. The highest BCUT2D eigenvalue weighted by Crippen LogP contribution is 1.98. The number of aliphatic hydroxyl groups excluding tert-OH is 3. The zero-order valence-electron chi connectivity index (χ0n) is 10.5. The van der Waals surface area contributed by atoms with E-state index in [2.05, 4.69) is 25.3 Å². The van der Waals surface area contributed by atoms with E-state index in [0.717, 1.165) is 6.42 Å². The predicted molar refractivity (Wildman–Crippen MR) is 77.0 cm³/mol.